The Balaban J connectivity index is 2.00. The van der Waals surface area contributed by atoms with Gasteiger partial charge in [0, 0.05) is 11.9 Å². The minimum atomic E-state index is -0.441. The summed E-state index contributed by atoms with van der Waals surface area (Å²) in [5.74, 6) is -0.452. The van der Waals surface area contributed by atoms with Gasteiger partial charge in [0.15, 0.2) is 0 Å². The van der Waals surface area contributed by atoms with Crippen molar-refractivity contribution in [2.75, 3.05) is 5.32 Å². The van der Waals surface area contributed by atoms with Crippen LogP contribution in [0, 0.1) is 11.3 Å². The number of hydrogen-bond donors (Lipinski definition) is 1. The van der Waals surface area contributed by atoms with Crippen LogP contribution in [-0.4, -0.2) is 15.9 Å². The van der Waals surface area contributed by atoms with E-state index in [0.29, 0.717) is 12.1 Å². The van der Waals surface area contributed by atoms with Crippen molar-refractivity contribution in [3.05, 3.63) is 53.6 Å². The molecule has 1 atom stereocenters. The van der Waals surface area contributed by atoms with Crippen molar-refractivity contribution in [3.63, 3.8) is 0 Å². The number of carbonyl (C=O) groups excluding carboxylic acids is 1. The molecular formula is C14H10N4O. The molecule has 0 aliphatic carbocycles. The minimum Gasteiger partial charge on any atom is -0.326 e. The highest BCUT2D eigenvalue weighted by Crippen LogP contribution is 2.29. The van der Waals surface area contributed by atoms with E-state index in [1.54, 1.807) is 12.3 Å². The lowest BCUT2D eigenvalue weighted by Crippen LogP contribution is -2.03. The largest absolute Gasteiger partial charge is 0.326 e. The Kier molecular flexibility index (Phi) is 2.69. The molecule has 5 nitrogen and oxygen atoms in total. The summed E-state index contributed by atoms with van der Waals surface area (Å²) in [4.78, 5) is 19.3. The standard InChI is InChI=1S/C14H10N4O/c15-7-11(13-3-4-16-8-17-13)9-1-2-12-10(5-9)6-14(19)18-12/h1-5,8,11H,6H2,(H,18,19). The van der Waals surface area contributed by atoms with Gasteiger partial charge >= 0.3 is 0 Å². The number of nitrogens with one attached hydrogen (secondary N) is 1. The molecular weight excluding hydrogens is 240 g/mol. The molecule has 1 N–H and O–H groups in total. The minimum absolute atomic E-state index is 0.0114. The van der Waals surface area contributed by atoms with Gasteiger partial charge in [-0.2, -0.15) is 5.26 Å². The highest BCUT2D eigenvalue weighted by molar-refractivity contribution is 5.99. The fourth-order valence-electron chi connectivity index (χ4n) is 2.21. The molecule has 0 bridgehead atoms. The molecule has 1 aromatic heterocycles. The number of hydrogen-bond acceptors (Lipinski definition) is 4. The molecule has 0 saturated carbocycles. The Hall–Kier alpha value is -2.74. The van der Waals surface area contributed by atoms with Crippen LogP contribution in [0.2, 0.25) is 0 Å². The molecule has 3 rings (SSSR count). The molecule has 0 fully saturated rings. The predicted octanol–water partition coefficient (Wildman–Crippen LogP) is 1.63. The average Bonchev–Trinajstić information content (AvgIpc) is 2.80. The summed E-state index contributed by atoms with van der Waals surface area (Å²) < 4.78 is 0. The van der Waals surface area contributed by atoms with E-state index in [-0.39, 0.29) is 5.91 Å². The zero-order chi connectivity index (χ0) is 13.2. The number of benzene rings is 1. The van der Waals surface area contributed by atoms with Crippen molar-refractivity contribution < 1.29 is 4.79 Å². The fourth-order valence-corrected chi connectivity index (χ4v) is 2.21. The molecule has 1 aliphatic heterocycles. The molecule has 2 heterocycles. The Morgan fingerprint density at radius 2 is 2.26 bits per heavy atom. The van der Waals surface area contributed by atoms with Gasteiger partial charge < -0.3 is 5.32 Å². The fraction of sp³-hybridized carbons (Fsp3) is 0.143. The van der Waals surface area contributed by atoms with Crippen molar-refractivity contribution >= 4 is 11.6 Å². The molecule has 0 saturated heterocycles. The maximum absolute atomic E-state index is 11.3. The first-order valence-electron chi connectivity index (χ1n) is 5.86. The van der Waals surface area contributed by atoms with Gasteiger partial charge in [-0.05, 0) is 23.3 Å². The number of nitrogens with zero attached hydrogens (tertiary/aromatic N) is 3. The number of fused-ring (bicyclic) bond motifs is 1. The van der Waals surface area contributed by atoms with E-state index in [4.69, 9.17) is 0 Å². The maximum atomic E-state index is 11.3. The SMILES string of the molecule is N#CC(c1ccc2c(c1)CC(=O)N2)c1ccncn1. The van der Waals surface area contributed by atoms with Gasteiger partial charge in [0.25, 0.3) is 0 Å². The summed E-state index contributed by atoms with van der Waals surface area (Å²) in [7, 11) is 0. The molecule has 5 heteroatoms. The molecule has 1 aromatic carbocycles. The number of aromatic nitrogens is 2. The molecule has 1 aliphatic rings. The number of amides is 1. The van der Waals surface area contributed by atoms with E-state index < -0.39 is 5.92 Å². The Morgan fingerprint density at radius 3 is 3.00 bits per heavy atom. The van der Waals surface area contributed by atoms with Gasteiger partial charge in [-0.15, -0.1) is 0 Å². The molecule has 19 heavy (non-hydrogen) atoms. The average molecular weight is 250 g/mol. The number of nitriles is 1. The number of carbonyl (C=O) groups is 1. The van der Waals surface area contributed by atoms with Crippen LogP contribution < -0.4 is 5.32 Å². The summed E-state index contributed by atoms with van der Waals surface area (Å²) in [6, 6.07) is 9.54. The lowest BCUT2D eigenvalue weighted by Gasteiger charge is -2.10. The molecule has 1 unspecified atom stereocenters. The van der Waals surface area contributed by atoms with E-state index in [1.807, 2.05) is 18.2 Å². The van der Waals surface area contributed by atoms with E-state index in [1.165, 1.54) is 6.33 Å². The third-order valence-corrected chi connectivity index (χ3v) is 3.12. The summed E-state index contributed by atoms with van der Waals surface area (Å²) in [5, 5.41) is 12.1. The van der Waals surface area contributed by atoms with Crippen LogP contribution in [-0.2, 0) is 11.2 Å². The van der Waals surface area contributed by atoms with Crippen LogP contribution in [0.4, 0.5) is 5.69 Å². The Morgan fingerprint density at radius 1 is 1.37 bits per heavy atom. The van der Waals surface area contributed by atoms with Crippen molar-refractivity contribution in [3.8, 4) is 6.07 Å². The highest BCUT2D eigenvalue weighted by atomic mass is 16.1. The van der Waals surface area contributed by atoms with Crippen molar-refractivity contribution in [1.29, 1.82) is 5.26 Å². The van der Waals surface area contributed by atoms with Gasteiger partial charge in [-0.3, -0.25) is 4.79 Å². The van der Waals surface area contributed by atoms with Gasteiger partial charge in [0.05, 0.1) is 18.2 Å². The zero-order valence-corrected chi connectivity index (χ0v) is 10.00. The maximum Gasteiger partial charge on any atom is 0.228 e. The number of rotatable bonds is 2. The van der Waals surface area contributed by atoms with Gasteiger partial charge in [-0.1, -0.05) is 12.1 Å². The third kappa shape index (κ3) is 2.04. The van der Waals surface area contributed by atoms with Crippen LogP contribution in [0.5, 0.6) is 0 Å². The topological polar surface area (TPSA) is 78.7 Å². The molecule has 0 radical (unpaired) electrons. The zero-order valence-electron chi connectivity index (χ0n) is 10.00. The lowest BCUT2D eigenvalue weighted by molar-refractivity contribution is -0.115. The van der Waals surface area contributed by atoms with Crippen LogP contribution >= 0.6 is 0 Å². The first-order valence-corrected chi connectivity index (χ1v) is 5.86. The smallest absolute Gasteiger partial charge is 0.228 e. The third-order valence-electron chi connectivity index (χ3n) is 3.12. The molecule has 1 amide bonds. The quantitative estimate of drug-likeness (QED) is 0.878. The lowest BCUT2D eigenvalue weighted by atomic mass is 9.94. The van der Waals surface area contributed by atoms with Crippen LogP contribution in [0.3, 0.4) is 0 Å². The second-order valence-electron chi connectivity index (χ2n) is 4.34. The second kappa shape index (κ2) is 4.50. The van der Waals surface area contributed by atoms with Crippen molar-refractivity contribution in [2.24, 2.45) is 0 Å². The summed E-state index contributed by atoms with van der Waals surface area (Å²) in [5.41, 5.74) is 3.26. The van der Waals surface area contributed by atoms with E-state index in [0.717, 1.165) is 16.8 Å². The summed E-state index contributed by atoms with van der Waals surface area (Å²) in [6.07, 6.45) is 3.41. The Bertz CT molecular complexity index is 676. The van der Waals surface area contributed by atoms with Gasteiger partial charge in [0.1, 0.15) is 12.2 Å². The molecule has 0 spiro atoms. The van der Waals surface area contributed by atoms with Crippen LogP contribution in [0.25, 0.3) is 0 Å². The molecule has 92 valence electrons. The summed E-state index contributed by atoms with van der Waals surface area (Å²) >= 11 is 0. The number of anilines is 1. The van der Waals surface area contributed by atoms with Gasteiger partial charge in [-0.25, -0.2) is 9.97 Å². The van der Waals surface area contributed by atoms with E-state index >= 15 is 0 Å². The van der Waals surface area contributed by atoms with Crippen LogP contribution in [0.15, 0.2) is 36.8 Å². The Labute approximate surface area is 109 Å². The monoisotopic (exact) mass is 250 g/mol. The van der Waals surface area contributed by atoms with Crippen LogP contribution in [0.1, 0.15) is 22.7 Å². The van der Waals surface area contributed by atoms with E-state index in [2.05, 4.69) is 21.4 Å². The van der Waals surface area contributed by atoms with E-state index in [9.17, 15) is 10.1 Å². The predicted molar refractivity (Wildman–Crippen MR) is 68.3 cm³/mol. The highest BCUT2D eigenvalue weighted by Gasteiger charge is 2.21. The first kappa shape index (κ1) is 11.4. The second-order valence-corrected chi connectivity index (χ2v) is 4.34. The normalized spacial score (nSPS) is 14.4. The first-order chi connectivity index (χ1) is 9.28. The van der Waals surface area contributed by atoms with Crippen molar-refractivity contribution in [1.82, 2.24) is 9.97 Å². The van der Waals surface area contributed by atoms with Crippen molar-refractivity contribution in [2.45, 2.75) is 12.3 Å². The van der Waals surface area contributed by atoms with Gasteiger partial charge in [0.2, 0.25) is 5.91 Å². The molecule has 2 aromatic rings. The summed E-state index contributed by atoms with van der Waals surface area (Å²) in [6.45, 7) is 0.